The molecule has 0 saturated heterocycles. The van der Waals surface area contributed by atoms with Crippen LogP contribution in [0.1, 0.15) is 219 Å². The molecule has 0 spiro atoms. The highest BCUT2D eigenvalue weighted by Crippen LogP contribution is 2.37. The number of aromatic amines is 16. The summed E-state index contributed by atoms with van der Waals surface area (Å²) < 4.78 is 0. The van der Waals surface area contributed by atoms with Gasteiger partial charge in [-0.25, -0.2) is 79.7 Å². The Kier molecular flexibility index (Phi) is 27.5. The minimum absolute atomic E-state index is 0.0470. The van der Waals surface area contributed by atoms with E-state index in [9.17, 15) is 10.2 Å². The second kappa shape index (κ2) is 38.6. The van der Waals surface area contributed by atoms with E-state index in [-0.39, 0.29) is 41.5 Å². The number of H-pyrrole nitrogens is 16. The van der Waals surface area contributed by atoms with Gasteiger partial charge in [0.25, 0.3) is 0 Å². The van der Waals surface area contributed by atoms with Crippen LogP contribution in [0.3, 0.4) is 0 Å². The van der Waals surface area contributed by atoms with Crippen LogP contribution in [0.2, 0.25) is 0 Å². The number of fused-ring (bicyclic) bond motifs is 5. The minimum Gasteiger partial charge on any atom is -0.387 e. The smallest absolute Gasteiger partial charge is 0.198 e. The Labute approximate surface area is 718 Å². The Morgan fingerprint density at radius 1 is 0.333 bits per heavy atom. The molecule has 5 atom stereocenters. The average Bonchev–Trinajstić information content (AvgIpc) is 1.62. The van der Waals surface area contributed by atoms with Crippen LogP contribution < -0.4 is 91.7 Å². The number of nitrogens with two attached hydrogens (primary N) is 16. The highest BCUT2D eigenvalue weighted by molar-refractivity contribution is 5.76. The van der Waals surface area contributed by atoms with Gasteiger partial charge in [-0.2, -0.15) is 0 Å². The molecule has 664 valence electrons. The molecule has 0 radical (unpaired) electrons. The van der Waals surface area contributed by atoms with Crippen molar-refractivity contribution in [3.63, 3.8) is 0 Å². The summed E-state index contributed by atoms with van der Waals surface area (Å²) in [4.78, 5) is 113. The number of nitrogen functional groups attached to an aromatic ring is 16. The summed E-state index contributed by atoms with van der Waals surface area (Å²) in [5, 5.41) is 19.3. The minimum atomic E-state index is -0.697. The maximum Gasteiger partial charge on any atom is 0.198 e. The van der Waals surface area contributed by atoms with Crippen molar-refractivity contribution in [2.45, 2.75) is 130 Å². The summed E-state index contributed by atoms with van der Waals surface area (Å²) >= 11 is 0. The van der Waals surface area contributed by atoms with E-state index in [4.69, 9.17) is 91.7 Å². The Morgan fingerprint density at radius 3 is 1.17 bits per heavy atom. The van der Waals surface area contributed by atoms with Gasteiger partial charge in [0.05, 0.1) is 117 Å². The highest BCUT2D eigenvalue weighted by Gasteiger charge is 2.28. The number of imidazole rings is 16. The van der Waals surface area contributed by atoms with Crippen LogP contribution in [-0.2, 0) is 19.3 Å². The van der Waals surface area contributed by atoms with Crippen molar-refractivity contribution < 1.29 is 10.2 Å². The lowest BCUT2D eigenvalue weighted by Gasteiger charge is -2.10. The normalized spacial score (nSPS) is 13.2. The second-order valence-corrected chi connectivity index (χ2v) is 28.8. The molecule has 2 aliphatic rings. The van der Waals surface area contributed by atoms with Gasteiger partial charge in [-0.1, -0.05) is 74.6 Å². The van der Waals surface area contributed by atoms with Crippen LogP contribution in [0.15, 0.2) is 50.2 Å². The van der Waals surface area contributed by atoms with Crippen molar-refractivity contribution in [3.8, 4) is 45.6 Å². The number of rotatable bonds is 16. The van der Waals surface area contributed by atoms with Crippen molar-refractivity contribution >= 4 is 126 Å². The molecule has 0 fully saturated rings. The lowest BCUT2D eigenvalue weighted by atomic mass is 10.0. The van der Waals surface area contributed by atoms with Gasteiger partial charge in [-0.15, -0.1) is 0 Å². The van der Waals surface area contributed by atoms with Crippen molar-refractivity contribution in [2.24, 2.45) is 0 Å². The monoisotopic (exact) mass is 1720 g/mol. The third-order valence-corrected chi connectivity index (χ3v) is 19.8. The van der Waals surface area contributed by atoms with Gasteiger partial charge < -0.3 is 182 Å². The van der Waals surface area contributed by atoms with Gasteiger partial charge in [0.2, 0.25) is 0 Å². The molecule has 0 amide bonds. The number of aliphatic hydroxyl groups excluding tert-OH is 2. The molecular formula is C76H108N48O2. The van der Waals surface area contributed by atoms with E-state index in [1.165, 1.54) is 0 Å². The predicted octanol–water partition coefficient (Wildman–Crippen LogP) is 6.35. The fraction of sp³-hybridized carbons (Fsp3) is 0.263. The Bertz CT molecular complexity index is 6280. The molecule has 18 rings (SSSR count). The molecule has 126 heavy (non-hydrogen) atoms. The van der Waals surface area contributed by atoms with Gasteiger partial charge in [-0.05, 0) is 63.5 Å². The van der Waals surface area contributed by atoms with Crippen LogP contribution in [0, 0.1) is 0 Å². The molecule has 50 N–H and O–H groups in total. The molecule has 16 aromatic heterocycles. The first-order chi connectivity index (χ1) is 59.9. The number of hydrogen-bond donors (Lipinski definition) is 34. The third-order valence-electron chi connectivity index (χ3n) is 19.8. The largest absolute Gasteiger partial charge is 0.387 e. The standard InChI is InChI=1S/2C10H16N6O.2C10H12N6.2C10H14N6.2C8H12N6/c1-4(6-3-13-9(11)14-6)7-8(5(2)17)16-10(12)15-7;1-3-5-7(15-9(11)13-5)8-6(4(2)17)14-10(12)16-8;1-4-7-5(13-9(11)15-7)2-3-6-8(4)16-10(12)14-6;1-4-2-3-5-7(15-9(11)13-5)8-6(4)14-10(12)16-8;1-3-6-8(16-10(12)14-6)5(2)7-4-13-9(11)15-7;1-3-5-7(15-9(11)13-5)8-6(4-2)14-10(12)16-8;1-4(5-2-11-7(9)13-5)6-3-12-8(10)14-6;1-2-4-6(14-8(10)12-4)5-3-11-7(9)13-5/h3-5,17H,1-2H3,(H3,11,13,14)(H3,12,15,16);4,17H,3H2,1-2H3,(H3,11,13,15)(H3,12,14,16);2*2-4H,1H3,(H3,11,13,15)(H3,12,14,16);3-5H,1H2,2H3,(H3,11,13,15)(H3,12,14,16);3H,1,4H2,2H3,(H3,11,13,15)(H3,12,14,16);2-4H,1H3,(H3,9,11,13)(H3,10,12,14);3H,2H2,1H3,(H3,9,11,13)(H3,10,12,14). The Hall–Kier alpha value is -17.0. The van der Waals surface area contributed by atoms with Crippen molar-refractivity contribution in [1.82, 2.24) is 159 Å². The van der Waals surface area contributed by atoms with Crippen LogP contribution in [0.4, 0.5) is 95.2 Å². The average molecular weight is 1730 g/mol. The first kappa shape index (κ1) is 89.8. The topological polar surface area (TPSA) is 916 Å². The summed E-state index contributed by atoms with van der Waals surface area (Å²) in [6.07, 6.45) is 20.5. The summed E-state index contributed by atoms with van der Waals surface area (Å²) in [7, 11) is 0. The van der Waals surface area contributed by atoms with Gasteiger partial charge in [0.1, 0.15) is 39.9 Å². The SMILES string of the molecule is C=Cc1[nH]c(N)nc1-c1nc(N)[nH]c1CC.C=Cc1nc(N)[nH]c1C(C)c1cnc(N)[nH]1.CC(O)c1nc(N)[nH]c1C(C)c1cnc(N)[nH]1.CC(c1cnc(N)[nH]1)c1cnc(N)[nH]1.CC1C=Cc2[nH]c(N)nc2-c2nc(N)[nH]c21.CC1c2[nH]c(N)nc2C=Cc2nc(N)[nH]c21.CCc1[nH]c(N)nc1-c1cnc(N)[nH]1.CCc1[nH]c(N)nc1-c1nc(N)[nH]c1C(C)O. The number of aryl methyl sites for hydroxylation is 3. The second-order valence-electron chi connectivity index (χ2n) is 28.8. The maximum atomic E-state index is 9.65. The number of nitrogens with zero attached hydrogens (tertiary/aromatic N) is 16. The molecular weight excluding hydrogens is 1620 g/mol. The van der Waals surface area contributed by atoms with E-state index in [0.29, 0.717) is 112 Å². The molecule has 50 nitrogen and oxygen atoms in total. The Balaban J connectivity index is 0.000000140. The molecule has 0 aromatic carbocycles. The van der Waals surface area contributed by atoms with Gasteiger partial charge in [-0.3, -0.25) is 0 Å². The zero-order chi connectivity index (χ0) is 91.4. The quantitative estimate of drug-likeness (QED) is 0.0501. The molecule has 50 heteroatoms. The van der Waals surface area contributed by atoms with E-state index < -0.39 is 12.2 Å². The summed E-state index contributed by atoms with van der Waals surface area (Å²) in [6.45, 7) is 26.8. The number of allylic oxidation sites excluding steroid dienone is 1. The van der Waals surface area contributed by atoms with Gasteiger partial charge in [0.15, 0.2) is 95.2 Å². The van der Waals surface area contributed by atoms with Crippen molar-refractivity contribution in [2.75, 3.05) is 91.7 Å². The molecule has 2 aliphatic carbocycles. The summed E-state index contributed by atoms with van der Waals surface area (Å²) in [6, 6.07) is 0. The molecule has 5 unspecified atom stereocenters. The van der Waals surface area contributed by atoms with E-state index in [1.54, 1.807) is 57.0 Å². The number of anilines is 16. The van der Waals surface area contributed by atoms with E-state index >= 15 is 0 Å². The summed E-state index contributed by atoms with van der Waals surface area (Å²) in [5.41, 5.74) is 111. The number of hydrogen-bond acceptors (Lipinski definition) is 34. The van der Waals surface area contributed by atoms with E-state index in [2.05, 4.69) is 193 Å². The first-order valence-corrected chi connectivity index (χ1v) is 39.3. The number of aliphatic hydroxyl groups is 2. The number of aromatic nitrogens is 32. The third kappa shape index (κ3) is 20.9. The molecule has 16 heterocycles. The molecule has 0 bridgehead atoms. The lowest BCUT2D eigenvalue weighted by molar-refractivity contribution is 0.193. The summed E-state index contributed by atoms with van der Waals surface area (Å²) in [5.74, 6) is 6.47. The lowest BCUT2D eigenvalue weighted by Crippen LogP contribution is -2.04. The van der Waals surface area contributed by atoms with Crippen LogP contribution >= 0.6 is 0 Å². The van der Waals surface area contributed by atoms with Crippen LogP contribution in [0.5, 0.6) is 0 Å². The van der Waals surface area contributed by atoms with Crippen LogP contribution in [0.25, 0.3) is 75.9 Å². The van der Waals surface area contributed by atoms with Gasteiger partial charge >= 0.3 is 0 Å². The van der Waals surface area contributed by atoms with Gasteiger partial charge in [0, 0.05) is 69.4 Å². The zero-order valence-electron chi connectivity index (χ0n) is 70.7. The molecule has 16 aromatic rings. The molecule has 0 aliphatic heterocycles. The van der Waals surface area contributed by atoms with Crippen molar-refractivity contribution in [3.05, 3.63) is 158 Å². The van der Waals surface area contributed by atoms with E-state index in [1.807, 2.05) is 59.8 Å². The Morgan fingerprint density at radius 2 is 0.706 bits per heavy atom. The molecule has 0 saturated carbocycles. The van der Waals surface area contributed by atoms with Crippen molar-refractivity contribution in [1.29, 1.82) is 0 Å². The maximum absolute atomic E-state index is 9.65. The first-order valence-electron chi connectivity index (χ1n) is 39.3. The fourth-order valence-corrected chi connectivity index (χ4v) is 13.5. The van der Waals surface area contributed by atoms with E-state index in [0.717, 1.165) is 145 Å². The highest BCUT2D eigenvalue weighted by atomic mass is 16.3. The zero-order valence-corrected chi connectivity index (χ0v) is 70.7. The fourth-order valence-electron chi connectivity index (χ4n) is 13.5. The predicted molar refractivity (Wildman–Crippen MR) is 490 cm³/mol. The van der Waals surface area contributed by atoms with Crippen LogP contribution in [-0.4, -0.2) is 170 Å². The number of nitrogens with one attached hydrogen (secondary N) is 16.